The van der Waals surface area contributed by atoms with Gasteiger partial charge in [-0.05, 0) is 47.7 Å². The molecule has 0 radical (unpaired) electrons. The molecule has 1 aromatic carbocycles. The predicted molar refractivity (Wildman–Crippen MR) is 122 cm³/mol. The molecule has 0 spiro atoms. The van der Waals surface area contributed by atoms with Crippen LogP contribution >= 0.6 is 0 Å². The van der Waals surface area contributed by atoms with Crippen molar-refractivity contribution in [2.45, 2.75) is 19.3 Å². The number of hydrogen-bond acceptors (Lipinski definition) is 5. The molecular formula is C23H23FN4O4S. The predicted octanol–water partition coefficient (Wildman–Crippen LogP) is 2.52. The molecule has 172 valence electrons. The van der Waals surface area contributed by atoms with Crippen LogP contribution in [0.5, 0.6) is 0 Å². The summed E-state index contributed by atoms with van der Waals surface area (Å²) in [5.41, 5.74) is 2.14. The summed E-state index contributed by atoms with van der Waals surface area (Å²) in [4.78, 5) is 33.7. The van der Waals surface area contributed by atoms with Crippen molar-refractivity contribution in [1.29, 1.82) is 0 Å². The van der Waals surface area contributed by atoms with Gasteiger partial charge in [-0.25, -0.2) is 17.8 Å². The van der Waals surface area contributed by atoms with Crippen molar-refractivity contribution in [1.82, 2.24) is 14.9 Å². The minimum atomic E-state index is -3.09. The number of nitrogens with zero attached hydrogens (tertiary/aromatic N) is 2. The Balaban J connectivity index is 1.38. The molecule has 2 N–H and O–H groups in total. The summed E-state index contributed by atoms with van der Waals surface area (Å²) in [5, 5.41) is 3.62. The molecule has 1 saturated carbocycles. The molecule has 1 aliphatic carbocycles. The number of nitrogens with one attached hydrogen (secondary N) is 2. The normalized spacial score (nSPS) is 17.8. The van der Waals surface area contributed by atoms with Crippen LogP contribution in [0, 0.1) is 11.7 Å². The van der Waals surface area contributed by atoms with Crippen LogP contribution in [0.1, 0.15) is 18.4 Å². The van der Waals surface area contributed by atoms with Crippen molar-refractivity contribution in [3.63, 3.8) is 0 Å². The van der Waals surface area contributed by atoms with Crippen molar-refractivity contribution >= 4 is 38.5 Å². The quantitative estimate of drug-likeness (QED) is 0.595. The minimum Gasteiger partial charge on any atom is -0.346 e. The Bertz CT molecular complexity index is 1350. The molecule has 0 unspecified atom stereocenters. The number of carbonyl (C=O) groups excluding carboxylic acids is 2. The van der Waals surface area contributed by atoms with Gasteiger partial charge in [-0.3, -0.25) is 9.59 Å². The highest BCUT2D eigenvalue weighted by atomic mass is 32.2. The smallest absolute Gasteiger partial charge is 0.228 e. The summed E-state index contributed by atoms with van der Waals surface area (Å²) in [6.07, 6.45) is 3.35. The van der Waals surface area contributed by atoms with Gasteiger partial charge in [-0.15, -0.1) is 0 Å². The number of halogens is 1. The lowest BCUT2D eigenvalue weighted by Gasteiger charge is -2.26. The molecule has 33 heavy (non-hydrogen) atoms. The van der Waals surface area contributed by atoms with E-state index >= 15 is 0 Å². The van der Waals surface area contributed by atoms with E-state index in [9.17, 15) is 22.4 Å². The van der Waals surface area contributed by atoms with Gasteiger partial charge in [0.05, 0.1) is 17.9 Å². The Hall–Kier alpha value is -3.27. The second-order valence-electron chi connectivity index (χ2n) is 8.57. The summed E-state index contributed by atoms with van der Waals surface area (Å²) in [6, 6.07) is 8.25. The van der Waals surface area contributed by atoms with Gasteiger partial charge in [0.15, 0.2) is 9.84 Å². The average Bonchev–Trinajstić information content (AvgIpc) is 3.52. The van der Waals surface area contributed by atoms with Gasteiger partial charge < -0.3 is 15.2 Å². The first-order valence-corrected chi connectivity index (χ1v) is 12.7. The SMILES string of the molecule is O=C(Nc1cc(-c2ccc(CC(=O)N3CCS(=O)(=O)CC3)c(F)c2)c2cc[nH]c2n1)C1CC1. The second-order valence-corrected chi connectivity index (χ2v) is 10.9. The number of H-pyrrole nitrogens is 1. The third kappa shape index (κ3) is 4.61. The van der Waals surface area contributed by atoms with E-state index in [-0.39, 0.29) is 54.3 Å². The van der Waals surface area contributed by atoms with E-state index in [1.54, 1.807) is 24.4 Å². The van der Waals surface area contributed by atoms with Gasteiger partial charge in [0.1, 0.15) is 17.3 Å². The number of amides is 2. The lowest BCUT2D eigenvalue weighted by molar-refractivity contribution is -0.130. The molecule has 2 aliphatic rings. The second kappa shape index (κ2) is 8.26. The first-order chi connectivity index (χ1) is 15.8. The highest BCUT2D eigenvalue weighted by molar-refractivity contribution is 7.91. The van der Waals surface area contributed by atoms with Crippen LogP contribution in [0.4, 0.5) is 10.2 Å². The molecule has 1 aliphatic heterocycles. The first kappa shape index (κ1) is 21.6. The Morgan fingerprint density at radius 3 is 2.61 bits per heavy atom. The van der Waals surface area contributed by atoms with E-state index in [1.807, 2.05) is 6.07 Å². The Labute approximate surface area is 190 Å². The van der Waals surface area contributed by atoms with Gasteiger partial charge in [0.2, 0.25) is 11.8 Å². The summed E-state index contributed by atoms with van der Waals surface area (Å²) in [6.45, 7) is 0.275. The average molecular weight is 471 g/mol. The third-order valence-corrected chi connectivity index (χ3v) is 7.74. The van der Waals surface area contributed by atoms with Crippen LogP contribution in [0.25, 0.3) is 22.2 Å². The monoisotopic (exact) mass is 470 g/mol. The Kier molecular flexibility index (Phi) is 5.40. The zero-order chi connectivity index (χ0) is 23.2. The van der Waals surface area contributed by atoms with E-state index in [2.05, 4.69) is 15.3 Å². The van der Waals surface area contributed by atoms with Crippen LogP contribution < -0.4 is 5.32 Å². The Morgan fingerprint density at radius 2 is 1.91 bits per heavy atom. The number of carbonyl (C=O) groups is 2. The minimum absolute atomic E-state index is 0.0314. The lowest BCUT2D eigenvalue weighted by Crippen LogP contribution is -2.44. The maximum absolute atomic E-state index is 15.0. The number of sulfone groups is 1. The van der Waals surface area contributed by atoms with Gasteiger partial charge in [-0.2, -0.15) is 0 Å². The molecule has 0 atom stereocenters. The van der Waals surface area contributed by atoms with Gasteiger partial charge in [0.25, 0.3) is 0 Å². The number of rotatable bonds is 5. The number of benzene rings is 1. The standard InChI is InChI=1S/C23H23FN4O4S/c24-19-11-15(3-4-16(19)12-21(29)28-7-9-33(31,32)10-8-28)18-13-20(27-23(30)14-1-2-14)26-22-17(18)5-6-25-22/h3-6,11,13-14H,1-2,7-10,12H2,(H2,25,26,27,30). The number of aromatic nitrogens is 2. The fourth-order valence-electron chi connectivity index (χ4n) is 4.01. The molecule has 8 nitrogen and oxygen atoms in total. The largest absolute Gasteiger partial charge is 0.346 e. The summed E-state index contributed by atoms with van der Waals surface area (Å²) >= 11 is 0. The van der Waals surface area contributed by atoms with Crippen molar-refractivity contribution in [2.24, 2.45) is 5.92 Å². The zero-order valence-corrected chi connectivity index (χ0v) is 18.6. The zero-order valence-electron chi connectivity index (χ0n) is 17.8. The van der Waals surface area contributed by atoms with E-state index in [0.29, 0.717) is 22.6 Å². The maximum Gasteiger partial charge on any atom is 0.228 e. The van der Waals surface area contributed by atoms with Crippen LogP contribution in [-0.4, -0.2) is 59.7 Å². The van der Waals surface area contributed by atoms with Crippen molar-refractivity contribution < 1.29 is 22.4 Å². The highest BCUT2D eigenvalue weighted by Crippen LogP contribution is 2.33. The Morgan fingerprint density at radius 1 is 1.15 bits per heavy atom. The van der Waals surface area contributed by atoms with Crippen LogP contribution in [0.15, 0.2) is 36.5 Å². The molecule has 1 saturated heterocycles. The number of pyridine rings is 1. The topological polar surface area (TPSA) is 112 Å². The van der Waals surface area contributed by atoms with E-state index in [1.165, 1.54) is 11.0 Å². The summed E-state index contributed by atoms with van der Waals surface area (Å²) in [7, 11) is -3.09. The van der Waals surface area contributed by atoms with Crippen molar-refractivity contribution in [3.05, 3.63) is 47.9 Å². The van der Waals surface area contributed by atoms with E-state index in [4.69, 9.17) is 0 Å². The molecular weight excluding hydrogens is 447 g/mol. The highest BCUT2D eigenvalue weighted by Gasteiger charge is 2.30. The van der Waals surface area contributed by atoms with Crippen LogP contribution in [-0.2, 0) is 25.8 Å². The number of fused-ring (bicyclic) bond motifs is 1. The molecule has 3 aromatic rings. The number of aromatic amines is 1. The number of hydrogen-bond donors (Lipinski definition) is 2. The number of anilines is 1. The fraction of sp³-hybridized carbons (Fsp3) is 0.348. The molecule has 2 aromatic heterocycles. The third-order valence-electron chi connectivity index (χ3n) is 6.13. The van der Waals surface area contributed by atoms with Crippen molar-refractivity contribution in [3.8, 4) is 11.1 Å². The van der Waals surface area contributed by atoms with Crippen LogP contribution in [0.3, 0.4) is 0 Å². The molecule has 3 heterocycles. The van der Waals surface area contributed by atoms with Crippen LogP contribution in [0.2, 0.25) is 0 Å². The molecule has 10 heteroatoms. The van der Waals surface area contributed by atoms with E-state index < -0.39 is 15.7 Å². The van der Waals surface area contributed by atoms with Crippen molar-refractivity contribution in [2.75, 3.05) is 29.9 Å². The van der Waals surface area contributed by atoms with E-state index in [0.717, 1.165) is 18.2 Å². The molecule has 2 fully saturated rings. The molecule has 2 amide bonds. The lowest BCUT2D eigenvalue weighted by atomic mass is 10.00. The maximum atomic E-state index is 15.0. The molecule has 5 rings (SSSR count). The fourth-order valence-corrected chi connectivity index (χ4v) is 5.21. The van der Waals surface area contributed by atoms with Gasteiger partial charge in [-0.1, -0.05) is 12.1 Å². The summed E-state index contributed by atoms with van der Waals surface area (Å²) in [5.74, 6) is -0.568. The first-order valence-electron chi connectivity index (χ1n) is 10.8. The van der Waals surface area contributed by atoms with Gasteiger partial charge >= 0.3 is 0 Å². The van der Waals surface area contributed by atoms with Gasteiger partial charge in [0, 0.05) is 30.6 Å². The molecule has 0 bridgehead atoms. The summed E-state index contributed by atoms with van der Waals surface area (Å²) < 4.78 is 38.1.